The van der Waals surface area contributed by atoms with Gasteiger partial charge < -0.3 is 5.73 Å². The van der Waals surface area contributed by atoms with Crippen molar-refractivity contribution in [3.05, 3.63) is 11.6 Å². The van der Waals surface area contributed by atoms with Crippen LogP contribution in [0.1, 0.15) is 39.0 Å². The van der Waals surface area contributed by atoms with Crippen molar-refractivity contribution in [1.29, 1.82) is 0 Å². The van der Waals surface area contributed by atoms with E-state index in [1.165, 1.54) is 32.1 Å². The molecule has 0 aliphatic heterocycles. The van der Waals surface area contributed by atoms with E-state index in [4.69, 9.17) is 5.73 Å². The molecule has 12 heavy (non-hydrogen) atoms. The Labute approximate surface area is 75.0 Å². The lowest BCUT2D eigenvalue weighted by molar-refractivity contribution is 0.587. The van der Waals surface area contributed by atoms with Crippen molar-refractivity contribution in [2.24, 2.45) is 17.6 Å². The highest BCUT2D eigenvalue weighted by Crippen LogP contribution is 2.45. The summed E-state index contributed by atoms with van der Waals surface area (Å²) < 4.78 is 0. The van der Waals surface area contributed by atoms with Gasteiger partial charge in [0.2, 0.25) is 0 Å². The number of nitrogens with two attached hydrogens (primary N) is 1. The molecule has 1 nitrogen and oxygen atoms in total. The lowest BCUT2D eigenvalue weighted by Gasteiger charge is -2.12. The van der Waals surface area contributed by atoms with E-state index in [2.05, 4.69) is 13.0 Å². The van der Waals surface area contributed by atoms with Crippen molar-refractivity contribution in [2.45, 2.75) is 45.1 Å². The molecule has 2 N–H and O–H groups in total. The van der Waals surface area contributed by atoms with Crippen LogP contribution in [0.15, 0.2) is 11.6 Å². The first-order valence-electron chi connectivity index (χ1n) is 5.27. The number of hydrogen-bond donors (Lipinski definition) is 1. The molecule has 3 atom stereocenters. The smallest absolute Gasteiger partial charge is 0.0285 e. The van der Waals surface area contributed by atoms with Gasteiger partial charge in [-0.2, -0.15) is 0 Å². The molecule has 1 saturated carbocycles. The van der Waals surface area contributed by atoms with Crippen molar-refractivity contribution in [3.63, 3.8) is 0 Å². The molecule has 2 aliphatic rings. The molecule has 0 saturated heterocycles. The summed E-state index contributed by atoms with van der Waals surface area (Å²) in [6.45, 7) is 2.28. The van der Waals surface area contributed by atoms with Crippen LogP contribution < -0.4 is 5.73 Å². The van der Waals surface area contributed by atoms with Crippen LogP contribution in [0.25, 0.3) is 0 Å². The highest BCUT2D eigenvalue weighted by Gasteiger charge is 2.41. The van der Waals surface area contributed by atoms with Gasteiger partial charge in [-0.25, -0.2) is 0 Å². The van der Waals surface area contributed by atoms with E-state index >= 15 is 0 Å². The standard InChI is InChI=1S/C11H19N/c1-2-8-7-10(8)11(12)9-5-3-4-6-9/h5,8,10-11H,2-4,6-7,12H2,1H3. The number of rotatable bonds is 3. The minimum Gasteiger partial charge on any atom is -0.324 e. The van der Waals surface area contributed by atoms with Crippen molar-refractivity contribution in [3.8, 4) is 0 Å². The second-order valence-corrected chi connectivity index (χ2v) is 4.26. The summed E-state index contributed by atoms with van der Waals surface area (Å²) in [4.78, 5) is 0. The Morgan fingerprint density at radius 2 is 2.50 bits per heavy atom. The molecule has 2 rings (SSSR count). The maximum atomic E-state index is 6.18. The molecule has 0 amide bonds. The molecule has 0 bridgehead atoms. The molecular formula is C11H19N. The minimum atomic E-state index is 0.414. The van der Waals surface area contributed by atoms with Crippen molar-refractivity contribution in [2.75, 3.05) is 0 Å². The lowest BCUT2D eigenvalue weighted by atomic mass is 10.0. The van der Waals surface area contributed by atoms with Gasteiger partial charge in [-0.15, -0.1) is 0 Å². The van der Waals surface area contributed by atoms with E-state index in [1.807, 2.05) is 0 Å². The first-order valence-corrected chi connectivity index (χ1v) is 5.27. The van der Waals surface area contributed by atoms with Crippen LogP contribution >= 0.6 is 0 Å². The summed E-state index contributed by atoms with van der Waals surface area (Å²) >= 11 is 0. The zero-order valence-electron chi connectivity index (χ0n) is 7.92. The SMILES string of the molecule is CCC1CC1C(N)C1=CCCC1. The normalized spacial score (nSPS) is 36.3. The molecule has 1 fully saturated rings. The molecule has 0 aromatic carbocycles. The summed E-state index contributed by atoms with van der Waals surface area (Å²) in [7, 11) is 0. The van der Waals surface area contributed by atoms with Crippen LogP contribution in [0.4, 0.5) is 0 Å². The van der Waals surface area contributed by atoms with Crippen LogP contribution in [0.3, 0.4) is 0 Å². The van der Waals surface area contributed by atoms with Crippen LogP contribution in [-0.4, -0.2) is 6.04 Å². The highest BCUT2D eigenvalue weighted by molar-refractivity contribution is 5.18. The van der Waals surface area contributed by atoms with Crippen LogP contribution in [-0.2, 0) is 0 Å². The van der Waals surface area contributed by atoms with Gasteiger partial charge in [0.1, 0.15) is 0 Å². The molecule has 0 aromatic heterocycles. The van der Waals surface area contributed by atoms with E-state index < -0.39 is 0 Å². The van der Waals surface area contributed by atoms with E-state index in [0.717, 1.165) is 11.8 Å². The molecule has 0 spiro atoms. The zero-order valence-corrected chi connectivity index (χ0v) is 7.92. The molecule has 0 aromatic rings. The number of allylic oxidation sites excluding steroid dienone is 1. The molecule has 68 valence electrons. The van der Waals surface area contributed by atoms with Gasteiger partial charge in [-0.3, -0.25) is 0 Å². The second kappa shape index (κ2) is 3.21. The monoisotopic (exact) mass is 165 g/mol. The van der Waals surface area contributed by atoms with E-state index in [9.17, 15) is 0 Å². The average Bonchev–Trinajstić information content (AvgIpc) is 2.68. The summed E-state index contributed by atoms with van der Waals surface area (Å²) in [6, 6.07) is 0.414. The molecule has 3 unspecified atom stereocenters. The van der Waals surface area contributed by atoms with Crippen LogP contribution in [0.5, 0.6) is 0 Å². The highest BCUT2D eigenvalue weighted by atomic mass is 14.7. The fraction of sp³-hybridized carbons (Fsp3) is 0.818. The van der Waals surface area contributed by atoms with Gasteiger partial charge in [0.15, 0.2) is 0 Å². The molecule has 0 heterocycles. The van der Waals surface area contributed by atoms with Gasteiger partial charge in [-0.05, 0) is 37.5 Å². The van der Waals surface area contributed by atoms with Crippen LogP contribution in [0, 0.1) is 11.8 Å². The van der Waals surface area contributed by atoms with E-state index in [1.54, 1.807) is 5.57 Å². The third-order valence-electron chi connectivity index (χ3n) is 3.47. The Hall–Kier alpha value is -0.300. The molecular weight excluding hydrogens is 146 g/mol. The summed E-state index contributed by atoms with van der Waals surface area (Å²) in [5, 5.41) is 0. The maximum Gasteiger partial charge on any atom is 0.0285 e. The Balaban J connectivity index is 1.88. The van der Waals surface area contributed by atoms with E-state index in [0.29, 0.717) is 6.04 Å². The second-order valence-electron chi connectivity index (χ2n) is 4.26. The maximum absolute atomic E-state index is 6.18. The third-order valence-corrected chi connectivity index (χ3v) is 3.47. The first-order chi connectivity index (χ1) is 5.83. The molecule has 1 heteroatoms. The van der Waals surface area contributed by atoms with Gasteiger partial charge in [0.05, 0.1) is 0 Å². The van der Waals surface area contributed by atoms with Crippen molar-refractivity contribution >= 4 is 0 Å². The first kappa shape index (κ1) is 8.31. The van der Waals surface area contributed by atoms with Gasteiger partial charge in [0, 0.05) is 6.04 Å². The summed E-state index contributed by atoms with van der Waals surface area (Å²) in [5.41, 5.74) is 7.73. The van der Waals surface area contributed by atoms with Gasteiger partial charge >= 0.3 is 0 Å². The molecule has 0 radical (unpaired) electrons. The van der Waals surface area contributed by atoms with Gasteiger partial charge in [-0.1, -0.05) is 25.0 Å². The van der Waals surface area contributed by atoms with Crippen molar-refractivity contribution in [1.82, 2.24) is 0 Å². The van der Waals surface area contributed by atoms with Crippen molar-refractivity contribution < 1.29 is 0 Å². The quantitative estimate of drug-likeness (QED) is 0.639. The fourth-order valence-electron chi connectivity index (χ4n) is 2.45. The Morgan fingerprint density at radius 3 is 3.00 bits per heavy atom. The largest absolute Gasteiger partial charge is 0.324 e. The predicted octanol–water partition coefficient (Wildman–Crippen LogP) is 2.47. The Morgan fingerprint density at radius 1 is 1.67 bits per heavy atom. The van der Waals surface area contributed by atoms with Gasteiger partial charge in [0.25, 0.3) is 0 Å². The summed E-state index contributed by atoms with van der Waals surface area (Å²) in [6.07, 6.45) is 8.96. The molecule has 2 aliphatic carbocycles. The van der Waals surface area contributed by atoms with Crippen LogP contribution in [0.2, 0.25) is 0 Å². The predicted molar refractivity (Wildman–Crippen MR) is 51.8 cm³/mol. The Bertz CT molecular complexity index is 195. The summed E-state index contributed by atoms with van der Waals surface area (Å²) in [5.74, 6) is 1.78. The Kier molecular flexibility index (Phi) is 2.22. The third kappa shape index (κ3) is 1.42. The fourth-order valence-corrected chi connectivity index (χ4v) is 2.45. The number of hydrogen-bond acceptors (Lipinski definition) is 1. The topological polar surface area (TPSA) is 26.0 Å². The van der Waals surface area contributed by atoms with E-state index in [-0.39, 0.29) is 0 Å². The minimum absolute atomic E-state index is 0.414. The lowest BCUT2D eigenvalue weighted by Crippen LogP contribution is -2.25. The zero-order chi connectivity index (χ0) is 8.55. The average molecular weight is 165 g/mol.